The van der Waals surface area contributed by atoms with E-state index in [4.69, 9.17) is 4.74 Å². The first-order valence-corrected chi connectivity index (χ1v) is 4.58. The van der Waals surface area contributed by atoms with Crippen molar-refractivity contribution in [3.05, 3.63) is 46.0 Å². The first-order valence-electron chi connectivity index (χ1n) is 4.58. The lowest BCUT2D eigenvalue weighted by Crippen LogP contribution is -2.01. The number of aryl methyl sites for hydroxylation is 1. The van der Waals surface area contributed by atoms with E-state index in [1.54, 1.807) is 6.92 Å². The zero-order valence-corrected chi connectivity index (χ0v) is 8.80. The second kappa shape index (κ2) is 5.06. The van der Waals surface area contributed by atoms with Crippen LogP contribution >= 0.6 is 0 Å². The molecule has 84 valence electrons. The van der Waals surface area contributed by atoms with Gasteiger partial charge in [-0.3, -0.25) is 14.9 Å². The monoisotopic (exact) mass is 221 g/mol. The predicted octanol–water partition coefficient (Wildman–Crippen LogP) is 2.28. The molecule has 1 rings (SSSR count). The van der Waals surface area contributed by atoms with Gasteiger partial charge in [-0.2, -0.15) is 0 Å². The summed E-state index contributed by atoms with van der Waals surface area (Å²) in [5, 5.41) is 10.6. The third-order valence-electron chi connectivity index (χ3n) is 1.97. The zero-order chi connectivity index (χ0) is 12.1. The summed E-state index contributed by atoms with van der Waals surface area (Å²) in [5.74, 6) is 0.362. The molecule has 1 aromatic carbocycles. The molecule has 0 heterocycles. The molecule has 0 spiro atoms. The maximum absolute atomic E-state index is 10.8. The lowest BCUT2D eigenvalue weighted by Gasteiger charge is -2.09. The summed E-state index contributed by atoms with van der Waals surface area (Å²) in [6.07, 6.45) is 2.08. The molecule has 0 unspecified atom stereocenters. The zero-order valence-electron chi connectivity index (χ0n) is 8.80. The number of nitro groups is 1. The summed E-state index contributed by atoms with van der Waals surface area (Å²) in [4.78, 5) is 20.8. The Labute approximate surface area is 92.5 Å². The van der Waals surface area contributed by atoms with Crippen LogP contribution in [0.4, 0.5) is 5.69 Å². The molecule has 0 saturated heterocycles. The third-order valence-corrected chi connectivity index (χ3v) is 1.97. The fourth-order valence-corrected chi connectivity index (χ4v) is 1.31. The summed E-state index contributed by atoms with van der Waals surface area (Å²) >= 11 is 0. The SMILES string of the molecule is C=CCOc1c(C)cc([N+](=O)[O-])cc1C=O. The highest BCUT2D eigenvalue weighted by Crippen LogP contribution is 2.27. The van der Waals surface area contributed by atoms with E-state index in [0.29, 0.717) is 17.6 Å². The van der Waals surface area contributed by atoms with Gasteiger partial charge in [-0.1, -0.05) is 12.7 Å². The maximum atomic E-state index is 10.8. The number of nitro benzene ring substituents is 1. The van der Waals surface area contributed by atoms with E-state index in [-0.39, 0.29) is 17.9 Å². The Bertz CT molecular complexity index is 440. The Morgan fingerprint density at radius 3 is 2.75 bits per heavy atom. The van der Waals surface area contributed by atoms with Crippen molar-refractivity contribution in [1.29, 1.82) is 0 Å². The highest BCUT2D eigenvalue weighted by atomic mass is 16.6. The van der Waals surface area contributed by atoms with Crippen LogP contribution in [0, 0.1) is 17.0 Å². The van der Waals surface area contributed by atoms with Gasteiger partial charge in [0.2, 0.25) is 0 Å². The number of aldehydes is 1. The largest absolute Gasteiger partial charge is 0.489 e. The van der Waals surface area contributed by atoms with Gasteiger partial charge >= 0.3 is 0 Å². The quantitative estimate of drug-likeness (QED) is 0.331. The molecule has 0 amide bonds. The normalized spacial score (nSPS) is 9.56. The number of ether oxygens (including phenoxy) is 1. The van der Waals surface area contributed by atoms with Crippen LogP contribution in [-0.2, 0) is 0 Å². The number of hydrogen-bond acceptors (Lipinski definition) is 4. The van der Waals surface area contributed by atoms with Gasteiger partial charge in [-0.25, -0.2) is 0 Å². The van der Waals surface area contributed by atoms with Crippen molar-refractivity contribution in [2.75, 3.05) is 6.61 Å². The van der Waals surface area contributed by atoms with Crippen LogP contribution in [0.25, 0.3) is 0 Å². The van der Waals surface area contributed by atoms with Gasteiger partial charge in [-0.15, -0.1) is 0 Å². The Kier molecular flexibility index (Phi) is 3.77. The van der Waals surface area contributed by atoms with Gasteiger partial charge in [-0.05, 0) is 12.5 Å². The first-order chi connectivity index (χ1) is 7.60. The molecule has 0 aliphatic carbocycles. The van der Waals surface area contributed by atoms with Crippen molar-refractivity contribution >= 4 is 12.0 Å². The van der Waals surface area contributed by atoms with E-state index >= 15 is 0 Å². The summed E-state index contributed by atoms with van der Waals surface area (Å²) in [6, 6.07) is 2.56. The topological polar surface area (TPSA) is 69.4 Å². The molecule has 5 heteroatoms. The minimum Gasteiger partial charge on any atom is -0.489 e. The van der Waals surface area contributed by atoms with Crippen molar-refractivity contribution in [3.63, 3.8) is 0 Å². The number of nitrogens with zero attached hydrogens (tertiary/aromatic N) is 1. The van der Waals surface area contributed by atoms with Crippen molar-refractivity contribution in [2.45, 2.75) is 6.92 Å². The Balaban J connectivity index is 3.22. The van der Waals surface area contributed by atoms with Crippen LogP contribution in [0.1, 0.15) is 15.9 Å². The lowest BCUT2D eigenvalue weighted by atomic mass is 10.1. The molecule has 0 bridgehead atoms. The molecule has 0 aromatic heterocycles. The molecule has 0 aliphatic heterocycles. The van der Waals surface area contributed by atoms with Gasteiger partial charge in [0.15, 0.2) is 6.29 Å². The molecule has 1 aromatic rings. The third kappa shape index (κ3) is 2.44. The number of benzene rings is 1. The second-order valence-corrected chi connectivity index (χ2v) is 3.16. The summed E-state index contributed by atoms with van der Waals surface area (Å²) in [6.45, 7) is 5.39. The Morgan fingerprint density at radius 1 is 1.56 bits per heavy atom. The number of carbonyl (C=O) groups excluding carboxylic acids is 1. The fraction of sp³-hybridized carbons (Fsp3) is 0.182. The molecule has 0 N–H and O–H groups in total. The van der Waals surface area contributed by atoms with E-state index in [2.05, 4.69) is 6.58 Å². The average Bonchev–Trinajstić information content (AvgIpc) is 2.26. The van der Waals surface area contributed by atoms with E-state index < -0.39 is 4.92 Å². The smallest absolute Gasteiger partial charge is 0.270 e. The van der Waals surface area contributed by atoms with Gasteiger partial charge in [0.25, 0.3) is 5.69 Å². The van der Waals surface area contributed by atoms with Crippen LogP contribution in [0.5, 0.6) is 5.75 Å². The molecule has 0 fully saturated rings. The highest BCUT2D eigenvalue weighted by Gasteiger charge is 2.14. The van der Waals surface area contributed by atoms with E-state index in [9.17, 15) is 14.9 Å². The van der Waals surface area contributed by atoms with Crippen LogP contribution in [-0.4, -0.2) is 17.8 Å². The predicted molar refractivity (Wildman–Crippen MR) is 58.9 cm³/mol. The minimum atomic E-state index is -0.544. The number of carbonyl (C=O) groups is 1. The van der Waals surface area contributed by atoms with Crippen molar-refractivity contribution in [1.82, 2.24) is 0 Å². The van der Waals surface area contributed by atoms with Crippen molar-refractivity contribution in [3.8, 4) is 5.75 Å². The van der Waals surface area contributed by atoms with E-state index in [0.717, 1.165) is 0 Å². The number of non-ortho nitro benzene ring substituents is 1. The van der Waals surface area contributed by atoms with E-state index in [1.807, 2.05) is 0 Å². The molecule has 0 aliphatic rings. The van der Waals surface area contributed by atoms with Gasteiger partial charge in [0.05, 0.1) is 10.5 Å². The highest BCUT2D eigenvalue weighted by molar-refractivity contribution is 5.81. The Morgan fingerprint density at radius 2 is 2.25 bits per heavy atom. The fourth-order valence-electron chi connectivity index (χ4n) is 1.31. The number of hydrogen-bond donors (Lipinski definition) is 0. The molecule has 16 heavy (non-hydrogen) atoms. The van der Waals surface area contributed by atoms with Crippen LogP contribution < -0.4 is 4.74 Å². The Hall–Kier alpha value is -2.17. The molecule has 0 atom stereocenters. The summed E-state index contributed by atoms with van der Waals surface area (Å²) in [7, 11) is 0. The molecule has 0 saturated carbocycles. The lowest BCUT2D eigenvalue weighted by molar-refractivity contribution is -0.384. The molecular weight excluding hydrogens is 210 g/mol. The van der Waals surface area contributed by atoms with Crippen molar-refractivity contribution in [2.24, 2.45) is 0 Å². The van der Waals surface area contributed by atoms with Crippen LogP contribution in [0.15, 0.2) is 24.8 Å². The van der Waals surface area contributed by atoms with Gasteiger partial charge in [0.1, 0.15) is 12.4 Å². The molecular formula is C11H11NO4. The number of rotatable bonds is 5. The molecule has 0 radical (unpaired) electrons. The second-order valence-electron chi connectivity index (χ2n) is 3.16. The van der Waals surface area contributed by atoms with E-state index in [1.165, 1.54) is 18.2 Å². The van der Waals surface area contributed by atoms with Gasteiger partial charge < -0.3 is 4.74 Å². The van der Waals surface area contributed by atoms with Crippen molar-refractivity contribution < 1.29 is 14.5 Å². The average molecular weight is 221 g/mol. The maximum Gasteiger partial charge on any atom is 0.270 e. The summed E-state index contributed by atoms with van der Waals surface area (Å²) in [5.41, 5.74) is 0.609. The van der Waals surface area contributed by atoms with Crippen LogP contribution in [0.3, 0.4) is 0 Å². The van der Waals surface area contributed by atoms with Crippen LogP contribution in [0.2, 0.25) is 0 Å². The molecule has 5 nitrogen and oxygen atoms in total. The standard InChI is InChI=1S/C11H11NO4/c1-3-4-16-11-8(2)5-10(12(14)15)6-9(11)7-13/h3,5-7H,1,4H2,2H3. The first kappa shape index (κ1) is 11.9. The minimum absolute atomic E-state index is 0.120. The summed E-state index contributed by atoms with van der Waals surface area (Å²) < 4.78 is 5.27. The van der Waals surface area contributed by atoms with Gasteiger partial charge in [0, 0.05) is 12.1 Å².